The molecule has 0 bridgehead atoms. The van der Waals surface area contributed by atoms with Crippen LogP contribution in [-0.2, 0) is 0 Å². The monoisotopic (exact) mass is 304 g/mol. The molecule has 0 unspecified atom stereocenters. The van der Waals surface area contributed by atoms with Crippen molar-refractivity contribution in [2.75, 3.05) is 12.4 Å². The summed E-state index contributed by atoms with van der Waals surface area (Å²) in [6.45, 7) is 0. The first-order valence-corrected chi connectivity index (χ1v) is 7.35. The molecule has 1 aromatic carbocycles. The van der Waals surface area contributed by atoms with Crippen LogP contribution >= 0.6 is 15.9 Å². The van der Waals surface area contributed by atoms with Crippen molar-refractivity contribution >= 4 is 32.5 Å². The second kappa shape index (κ2) is 4.88. The number of halogens is 1. The highest BCUT2D eigenvalue weighted by molar-refractivity contribution is 9.10. The number of hydrogen-bond acceptors (Lipinski definition) is 2. The summed E-state index contributed by atoms with van der Waals surface area (Å²) in [4.78, 5) is 4.85. The van der Waals surface area contributed by atoms with Gasteiger partial charge in [-0.15, -0.1) is 0 Å². The van der Waals surface area contributed by atoms with Crippen LogP contribution in [0.3, 0.4) is 0 Å². The molecule has 3 rings (SSSR count). The van der Waals surface area contributed by atoms with Crippen molar-refractivity contribution < 1.29 is 0 Å². The number of benzene rings is 1. The van der Waals surface area contributed by atoms with Crippen molar-refractivity contribution in [2.24, 2.45) is 0 Å². The van der Waals surface area contributed by atoms with Gasteiger partial charge in [0, 0.05) is 34.2 Å². The number of anilines is 1. The zero-order valence-electron chi connectivity index (χ0n) is 10.5. The van der Waals surface area contributed by atoms with Crippen LogP contribution in [0.4, 0.5) is 5.69 Å². The van der Waals surface area contributed by atoms with E-state index in [2.05, 4.69) is 45.5 Å². The van der Waals surface area contributed by atoms with Gasteiger partial charge in [0.1, 0.15) is 0 Å². The van der Waals surface area contributed by atoms with Crippen molar-refractivity contribution in [3.05, 3.63) is 34.4 Å². The molecule has 0 amide bonds. The molecule has 1 N–H and O–H groups in total. The molecule has 1 aliphatic rings. The molecule has 1 heterocycles. The van der Waals surface area contributed by atoms with Gasteiger partial charge >= 0.3 is 0 Å². The van der Waals surface area contributed by atoms with E-state index in [1.165, 1.54) is 42.5 Å². The third-order valence-corrected chi connectivity index (χ3v) is 4.33. The molecule has 3 heteroatoms. The summed E-state index contributed by atoms with van der Waals surface area (Å²) in [6, 6.07) is 8.52. The first kappa shape index (κ1) is 12.0. The third kappa shape index (κ3) is 2.12. The average molecular weight is 305 g/mol. The molecule has 1 saturated carbocycles. The van der Waals surface area contributed by atoms with Crippen LogP contribution in [0.25, 0.3) is 10.9 Å². The maximum atomic E-state index is 4.85. The van der Waals surface area contributed by atoms with Gasteiger partial charge in [0.25, 0.3) is 0 Å². The fourth-order valence-electron chi connectivity index (χ4n) is 2.86. The van der Waals surface area contributed by atoms with E-state index in [1.807, 2.05) is 7.05 Å². The van der Waals surface area contributed by atoms with Crippen LogP contribution in [0.15, 0.2) is 28.7 Å². The minimum atomic E-state index is 0.658. The van der Waals surface area contributed by atoms with E-state index in [0.717, 1.165) is 9.99 Å². The number of hydrogen-bond donors (Lipinski definition) is 1. The lowest BCUT2D eigenvalue weighted by Crippen LogP contribution is -2.00. The number of aromatic nitrogens is 1. The van der Waals surface area contributed by atoms with Gasteiger partial charge in [0.2, 0.25) is 0 Å². The molecule has 1 aliphatic carbocycles. The average Bonchev–Trinajstić information content (AvgIpc) is 2.91. The predicted molar refractivity (Wildman–Crippen MR) is 80.2 cm³/mol. The zero-order chi connectivity index (χ0) is 12.5. The Morgan fingerprint density at radius 2 is 2.00 bits per heavy atom. The van der Waals surface area contributed by atoms with Crippen molar-refractivity contribution in [1.29, 1.82) is 0 Å². The van der Waals surface area contributed by atoms with Gasteiger partial charge in [-0.1, -0.05) is 28.8 Å². The van der Waals surface area contributed by atoms with Crippen LogP contribution in [0.5, 0.6) is 0 Å². The molecule has 18 heavy (non-hydrogen) atoms. The molecule has 2 aromatic rings. The van der Waals surface area contributed by atoms with E-state index >= 15 is 0 Å². The van der Waals surface area contributed by atoms with E-state index < -0.39 is 0 Å². The Morgan fingerprint density at radius 3 is 2.72 bits per heavy atom. The Balaban J connectivity index is 2.15. The Labute approximate surface area is 116 Å². The van der Waals surface area contributed by atoms with Gasteiger partial charge in [-0.2, -0.15) is 0 Å². The molecule has 1 aromatic heterocycles. The van der Waals surface area contributed by atoms with Crippen molar-refractivity contribution in [3.63, 3.8) is 0 Å². The van der Waals surface area contributed by atoms with Crippen LogP contribution < -0.4 is 5.32 Å². The Morgan fingerprint density at radius 1 is 1.22 bits per heavy atom. The summed E-state index contributed by atoms with van der Waals surface area (Å²) < 4.78 is 1.10. The van der Waals surface area contributed by atoms with Crippen molar-refractivity contribution in [3.8, 4) is 0 Å². The highest BCUT2D eigenvalue weighted by atomic mass is 79.9. The largest absolute Gasteiger partial charge is 0.388 e. The van der Waals surface area contributed by atoms with Crippen LogP contribution in [0.1, 0.15) is 37.3 Å². The molecule has 94 valence electrons. The molecule has 0 radical (unpaired) electrons. The highest BCUT2D eigenvalue weighted by Gasteiger charge is 2.19. The summed E-state index contributed by atoms with van der Waals surface area (Å²) in [5.41, 5.74) is 3.53. The van der Waals surface area contributed by atoms with Crippen molar-refractivity contribution in [1.82, 2.24) is 4.98 Å². The number of rotatable bonds is 2. The van der Waals surface area contributed by atoms with Gasteiger partial charge in [0.15, 0.2) is 0 Å². The van der Waals surface area contributed by atoms with Crippen LogP contribution in [0, 0.1) is 0 Å². The third-order valence-electron chi connectivity index (χ3n) is 3.83. The van der Waals surface area contributed by atoms with Crippen LogP contribution in [0.2, 0.25) is 0 Å². The quantitative estimate of drug-likeness (QED) is 0.870. The molecule has 0 saturated heterocycles. The summed E-state index contributed by atoms with van der Waals surface area (Å²) in [6.07, 6.45) is 5.27. The Hall–Kier alpha value is -1.09. The molecule has 2 nitrogen and oxygen atoms in total. The summed E-state index contributed by atoms with van der Waals surface area (Å²) in [7, 11) is 1.98. The second-order valence-corrected chi connectivity index (χ2v) is 5.90. The van der Waals surface area contributed by atoms with Crippen molar-refractivity contribution in [2.45, 2.75) is 31.6 Å². The van der Waals surface area contributed by atoms with Gasteiger partial charge < -0.3 is 5.32 Å². The number of nitrogens with one attached hydrogen (secondary N) is 1. The molecular weight excluding hydrogens is 288 g/mol. The molecule has 1 fully saturated rings. The maximum absolute atomic E-state index is 4.85. The highest BCUT2D eigenvalue weighted by Crippen LogP contribution is 2.36. The smallest absolute Gasteiger partial charge is 0.0726 e. The molecule has 0 spiro atoms. The van der Waals surface area contributed by atoms with E-state index in [1.54, 1.807) is 0 Å². The normalized spacial score (nSPS) is 16.3. The number of fused-ring (bicyclic) bond motifs is 1. The summed E-state index contributed by atoms with van der Waals surface area (Å²) >= 11 is 3.52. The lowest BCUT2D eigenvalue weighted by Gasteiger charge is -2.13. The van der Waals surface area contributed by atoms with E-state index in [9.17, 15) is 0 Å². The van der Waals surface area contributed by atoms with Gasteiger partial charge in [-0.05, 0) is 37.1 Å². The van der Waals surface area contributed by atoms with Gasteiger partial charge in [-0.25, -0.2) is 0 Å². The minimum absolute atomic E-state index is 0.658. The van der Waals surface area contributed by atoms with E-state index in [-0.39, 0.29) is 0 Å². The standard InChI is InChI=1S/C15H17BrN2/c1-17-15-9-14(10-4-2-3-5-10)18-13-7-6-11(16)8-12(13)15/h6-10H,2-5H2,1H3,(H,17,18). The maximum Gasteiger partial charge on any atom is 0.0726 e. The molecule has 0 aliphatic heterocycles. The summed E-state index contributed by atoms with van der Waals surface area (Å²) in [5.74, 6) is 0.658. The van der Waals surface area contributed by atoms with Gasteiger partial charge in [0.05, 0.1) is 5.52 Å². The zero-order valence-corrected chi connectivity index (χ0v) is 12.1. The predicted octanol–water partition coefficient (Wildman–Crippen LogP) is 4.70. The Kier molecular flexibility index (Phi) is 3.25. The van der Waals surface area contributed by atoms with E-state index in [4.69, 9.17) is 4.98 Å². The lowest BCUT2D eigenvalue weighted by molar-refractivity contribution is 0.701. The number of nitrogens with zero attached hydrogens (tertiary/aromatic N) is 1. The lowest BCUT2D eigenvalue weighted by atomic mass is 10.0. The fourth-order valence-corrected chi connectivity index (χ4v) is 3.22. The Bertz CT molecular complexity index is 574. The first-order valence-electron chi connectivity index (χ1n) is 6.56. The van der Waals surface area contributed by atoms with Gasteiger partial charge in [-0.3, -0.25) is 4.98 Å². The van der Waals surface area contributed by atoms with E-state index in [0.29, 0.717) is 5.92 Å². The first-order chi connectivity index (χ1) is 8.78. The van der Waals surface area contributed by atoms with Crippen LogP contribution in [-0.4, -0.2) is 12.0 Å². The topological polar surface area (TPSA) is 24.9 Å². The number of pyridine rings is 1. The SMILES string of the molecule is CNc1cc(C2CCCC2)nc2ccc(Br)cc12. The molecule has 0 atom stereocenters. The summed E-state index contributed by atoms with van der Waals surface area (Å²) in [5, 5.41) is 4.49. The minimum Gasteiger partial charge on any atom is -0.388 e. The second-order valence-electron chi connectivity index (χ2n) is 4.99. The fraction of sp³-hybridized carbons (Fsp3) is 0.400. The molecular formula is C15H17BrN2.